The quantitative estimate of drug-likeness (QED) is 0.525. The number of hydrogen-bond donors (Lipinski definition) is 2. The predicted octanol–water partition coefficient (Wildman–Crippen LogP) is 4.12. The van der Waals surface area contributed by atoms with E-state index < -0.39 is 22.5 Å². The summed E-state index contributed by atoms with van der Waals surface area (Å²) >= 11 is 0. The highest BCUT2D eigenvalue weighted by atomic mass is 32.2. The average molecular weight is 462 g/mol. The summed E-state index contributed by atoms with van der Waals surface area (Å²) in [5.41, 5.74) is 1.49. The summed E-state index contributed by atoms with van der Waals surface area (Å²) in [7, 11) is -0.821. The lowest BCUT2D eigenvalue weighted by Crippen LogP contribution is -2.19. The Morgan fingerprint density at radius 3 is 2.19 bits per heavy atom. The van der Waals surface area contributed by atoms with Crippen LogP contribution in [0, 0.1) is 0 Å². The molecule has 2 N–H and O–H groups in total. The molecule has 0 fully saturated rings. The predicted molar refractivity (Wildman–Crippen MR) is 116 cm³/mol. The van der Waals surface area contributed by atoms with Crippen molar-refractivity contribution in [1.29, 1.82) is 0 Å². The fourth-order valence-corrected chi connectivity index (χ4v) is 3.64. The Labute approximate surface area is 184 Å². The van der Waals surface area contributed by atoms with Crippen molar-refractivity contribution in [1.82, 2.24) is 4.72 Å². The molecular formula is C22H20F2N2O5S. The average Bonchev–Trinajstić information content (AvgIpc) is 2.80. The largest absolute Gasteiger partial charge is 0.497 e. The van der Waals surface area contributed by atoms with Crippen molar-refractivity contribution in [3.8, 4) is 22.6 Å². The van der Waals surface area contributed by atoms with Gasteiger partial charge in [-0.15, -0.1) is 0 Å². The van der Waals surface area contributed by atoms with E-state index in [1.807, 2.05) is 0 Å². The van der Waals surface area contributed by atoms with Gasteiger partial charge in [0, 0.05) is 16.8 Å². The van der Waals surface area contributed by atoms with Gasteiger partial charge >= 0.3 is 6.61 Å². The van der Waals surface area contributed by atoms with Crippen LogP contribution in [-0.4, -0.2) is 35.1 Å². The number of alkyl halides is 2. The first-order valence-corrected chi connectivity index (χ1v) is 10.8. The van der Waals surface area contributed by atoms with E-state index in [-0.39, 0.29) is 16.2 Å². The van der Waals surface area contributed by atoms with E-state index in [0.29, 0.717) is 22.6 Å². The summed E-state index contributed by atoms with van der Waals surface area (Å²) < 4.78 is 61.2. The highest BCUT2D eigenvalue weighted by Crippen LogP contribution is 2.34. The molecule has 0 radical (unpaired) electrons. The van der Waals surface area contributed by atoms with Crippen LogP contribution < -0.4 is 19.5 Å². The van der Waals surface area contributed by atoms with Crippen LogP contribution in [0.4, 0.5) is 14.5 Å². The molecule has 0 saturated carbocycles. The van der Waals surface area contributed by atoms with Gasteiger partial charge in [0.15, 0.2) is 0 Å². The van der Waals surface area contributed by atoms with Gasteiger partial charge in [0.25, 0.3) is 5.91 Å². The molecule has 1 amide bonds. The number of nitrogens with one attached hydrogen (secondary N) is 2. The summed E-state index contributed by atoms with van der Waals surface area (Å²) in [5.74, 6) is 0.0460. The second kappa shape index (κ2) is 9.75. The van der Waals surface area contributed by atoms with Crippen LogP contribution in [0.15, 0.2) is 71.6 Å². The maximum Gasteiger partial charge on any atom is 0.387 e. The van der Waals surface area contributed by atoms with Crippen molar-refractivity contribution in [2.75, 3.05) is 19.5 Å². The minimum absolute atomic E-state index is 0.0202. The van der Waals surface area contributed by atoms with Crippen LogP contribution in [0.2, 0.25) is 0 Å². The molecule has 0 spiro atoms. The SMILES string of the molecule is CNS(=O)(=O)c1ccc(C(=O)Nc2ccc(OC(F)F)c(-c3ccc(OC)cc3)c2)cc1. The molecule has 0 unspecified atom stereocenters. The maximum atomic E-state index is 12.8. The van der Waals surface area contributed by atoms with Gasteiger partial charge in [-0.1, -0.05) is 12.1 Å². The van der Waals surface area contributed by atoms with E-state index in [2.05, 4.69) is 14.8 Å². The molecule has 3 aromatic carbocycles. The highest BCUT2D eigenvalue weighted by molar-refractivity contribution is 7.89. The molecule has 0 aromatic heterocycles. The third kappa shape index (κ3) is 5.40. The second-order valence-electron chi connectivity index (χ2n) is 6.50. The van der Waals surface area contributed by atoms with Gasteiger partial charge in [-0.3, -0.25) is 4.79 Å². The molecule has 0 saturated heterocycles. The van der Waals surface area contributed by atoms with Crippen molar-refractivity contribution < 1.29 is 31.5 Å². The molecule has 7 nitrogen and oxygen atoms in total. The monoisotopic (exact) mass is 462 g/mol. The number of carbonyl (C=O) groups is 1. The lowest BCUT2D eigenvalue weighted by atomic mass is 10.0. The Kier molecular flexibility index (Phi) is 7.06. The standard InChI is InChI=1S/C22H20F2N2O5S/c1-25-32(28,29)18-10-5-15(6-11-18)21(27)26-16-7-12-20(31-22(23)24)19(13-16)14-3-8-17(30-2)9-4-14/h3-13,22,25H,1-2H3,(H,26,27). The molecule has 168 valence electrons. The van der Waals surface area contributed by atoms with Crippen molar-refractivity contribution >= 4 is 21.6 Å². The molecule has 0 atom stereocenters. The Balaban J connectivity index is 1.88. The van der Waals surface area contributed by atoms with Gasteiger partial charge in [-0.25, -0.2) is 13.1 Å². The molecule has 0 aliphatic rings. The van der Waals surface area contributed by atoms with Gasteiger partial charge in [0.1, 0.15) is 11.5 Å². The second-order valence-corrected chi connectivity index (χ2v) is 8.39. The number of carbonyl (C=O) groups excluding carboxylic acids is 1. The van der Waals surface area contributed by atoms with Crippen LogP contribution in [0.5, 0.6) is 11.5 Å². The van der Waals surface area contributed by atoms with Crippen LogP contribution in [-0.2, 0) is 10.0 Å². The van der Waals surface area contributed by atoms with Crippen molar-refractivity contribution in [2.24, 2.45) is 0 Å². The van der Waals surface area contributed by atoms with Crippen molar-refractivity contribution in [3.05, 3.63) is 72.3 Å². The highest BCUT2D eigenvalue weighted by Gasteiger charge is 2.15. The Bertz CT molecular complexity index is 1200. The minimum atomic E-state index is -3.62. The van der Waals surface area contributed by atoms with Crippen molar-refractivity contribution in [3.63, 3.8) is 0 Å². The number of hydrogen-bond acceptors (Lipinski definition) is 5. The zero-order valence-electron chi connectivity index (χ0n) is 17.1. The van der Waals surface area contributed by atoms with E-state index in [9.17, 15) is 22.0 Å². The number of amides is 1. The maximum absolute atomic E-state index is 12.8. The van der Waals surface area contributed by atoms with Gasteiger partial charge < -0.3 is 14.8 Å². The molecule has 3 rings (SSSR count). The molecule has 3 aromatic rings. The minimum Gasteiger partial charge on any atom is -0.497 e. The first-order valence-electron chi connectivity index (χ1n) is 9.32. The molecular weight excluding hydrogens is 442 g/mol. The normalized spacial score (nSPS) is 11.3. The first-order chi connectivity index (χ1) is 15.2. The third-order valence-corrected chi connectivity index (χ3v) is 5.98. The van der Waals surface area contributed by atoms with Gasteiger partial charge in [-0.2, -0.15) is 8.78 Å². The molecule has 32 heavy (non-hydrogen) atoms. The number of rotatable bonds is 8. The number of halogens is 2. The zero-order valence-corrected chi connectivity index (χ0v) is 18.0. The summed E-state index contributed by atoms with van der Waals surface area (Å²) in [5, 5.41) is 2.67. The molecule has 0 heterocycles. The van der Waals surface area contributed by atoms with Crippen LogP contribution in [0.1, 0.15) is 10.4 Å². The first kappa shape index (κ1) is 23.2. The zero-order chi connectivity index (χ0) is 23.3. The summed E-state index contributed by atoms with van der Waals surface area (Å²) in [4.78, 5) is 12.6. The fourth-order valence-electron chi connectivity index (χ4n) is 2.91. The molecule has 0 bridgehead atoms. The molecule has 0 aliphatic heterocycles. The smallest absolute Gasteiger partial charge is 0.387 e. The summed E-state index contributed by atoms with van der Waals surface area (Å²) in [6.45, 7) is -3.01. The van der Waals surface area contributed by atoms with Crippen molar-refractivity contribution in [2.45, 2.75) is 11.5 Å². The van der Waals surface area contributed by atoms with Gasteiger partial charge in [-0.05, 0) is 67.2 Å². The fraction of sp³-hybridized carbons (Fsp3) is 0.136. The van der Waals surface area contributed by atoms with Gasteiger partial charge in [0.2, 0.25) is 10.0 Å². The number of methoxy groups -OCH3 is 1. The van der Waals surface area contributed by atoms with Crippen LogP contribution in [0.3, 0.4) is 0 Å². The lowest BCUT2D eigenvalue weighted by Gasteiger charge is -2.14. The Morgan fingerprint density at radius 1 is 0.969 bits per heavy atom. The number of sulfonamides is 1. The Morgan fingerprint density at radius 2 is 1.62 bits per heavy atom. The molecule has 0 aliphatic carbocycles. The topological polar surface area (TPSA) is 93.7 Å². The number of ether oxygens (including phenoxy) is 2. The van der Waals surface area contributed by atoms with E-state index in [0.717, 1.165) is 0 Å². The number of anilines is 1. The van der Waals surface area contributed by atoms with Crippen LogP contribution >= 0.6 is 0 Å². The Hall–Kier alpha value is -3.50. The molecule has 10 heteroatoms. The number of benzene rings is 3. The lowest BCUT2D eigenvalue weighted by molar-refractivity contribution is -0.0494. The van der Waals surface area contributed by atoms with Crippen LogP contribution in [0.25, 0.3) is 11.1 Å². The summed E-state index contributed by atoms with van der Waals surface area (Å²) in [6.07, 6.45) is 0. The van der Waals surface area contributed by atoms with E-state index >= 15 is 0 Å². The van der Waals surface area contributed by atoms with E-state index in [1.54, 1.807) is 24.3 Å². The van der Waals surface area contributed by atoms with Gasteiger partial charge in [0.05, 0.1) is 12.0 Å². The third-order valence-electron chi connectivity index (χ3n) is 4.55. The van der Waals surface area contributed by atoms with E-state index in [4.69, 9.17) is 4.74 Å². The van der Waals surface area contributed by atoms with E-state index in [1.165, 1.54) is 56.6 Å². The summed E-state index contributed by atoms with van der Waals surface area (Å²) in [6, 6.07) is 16.4.